The van der Waals surface area contributed by atoms with E-state index in [0.29, 0.717) is 22.5 Å². The zero-order valence-corrected chi connectivity index (χ0v) is 46.4. The second-order valence-electron chi connectivity index (χ2n) is 20.1. The zero-order chi connectivity index (χ0) is 62.3. The summed E-state index contributed by atoms with van der Waals surface area (Å²) in [5.74, 6) is -5.13. The van der Waals surface area contributed by atoms with Crippen molar-refractivity contribution in [2.75, 3.05) is 11.5 Å². The van der Waals surface area contributed by atoms with Crippen LogP contribution in [0.4, 0.5) is 47.3 Å². The highest BCUT2D eigenvalue weighted by Crippen LogP contribution is 2.23. The van der Waals surface area contributed by atoms with Crippen LogP contribution in [0.2, 0.25) is 0 Å². The normalized spacial score (nSPS) is 12.0. The Morgan fingerprint density at radius 3 is 1.49 bits per heavy atom. The van der Waals surface area contributed by atoms with Gasteiger partial charge in [-0.2, -0.15) is 0 Å². The first-order valence-corrected chi connectivity index (χ1v) is 25.0. The van der Waals surface area contributed by atoms with Crippen LogP contribution in [0.3, 0.4) is 0 Å². The fraction of sp³-hybridized carbons (Fsp3) is 0.237. The van der Waals surface area contributed by atoms with Crippen molar-refractivity contribution in [1.82, 2.24) is 24.8 Å². The van der Waals surface area contributed by atoms with E-state index in [1.165, 1.54) is 96.4 Å². The van der Waals surface area contributed by atoms with Gasteiger partial charge in [-0.05, 0) is 177 Å². The number of anilines is 2. The number of carbonyl (C=O) groups excluding carboxylic acids is 2. The molecule has 83 heavy (non-hydrogen) atoms. The number of nitrogens with one attached hydrogen (secondary N) is 2. The highest BCUT2D eigenvalue weighted by molar-refractivity contribution is 5.93. The molecule has 10 N–H and O–H groups in total. The van der Waals surface area contributed by atoms with Crippen molar-refractivity contribution in [1.29, 1.82) is 0 Å². The van der Waals surface area contributed by atoms with Gasteiger partial charge in [0.15, 0.2) is 0 Å². The van der Waals surface area contributed by atoms with E-state index in [0.717, 1.165) is 28.8 Å². The first-order chi connectivity index (χ1) is 38.6. The number of ether oxygens (including phenoxy) is 2. The Morgan fingerprint density at radius 2 is 1.02 bits per heavy atom. The molecule has 0 aliphatic heterocycles. The summed E-state index contributed by atoms with van der Waals surface area (Å²) in [6.45, 7) is 15.0. The summed E-state index contributed by atoms with van der Waals surface area (Å²) < 4.78 is 91.5. The van der Waals surface area contributed by atoms with Crippen LogP contribution >= 0.6 is 0 Å². The molecule has 2 amide bonds. The van der Waals surface area contributed by atoms with Crippen molar-refractivity contribution in [2.45, 2.75) is 91.6 Å². The molecule has 8 aromatic rings. The summed E-state index contributed by atoms with van der Waals surface area (Å²) in [5.41, 5.74) is 15.8. The number of fused-ring (bicyclic) bond motifs is 2. The lowest BCUT2D eigenvalue weighted by atomic mass is 10.1. The van der Waals surface area contributed by atoms with E-state index in [1.807, 2.05) is 0 Å². The van der Waals surface area contributed by atoms with Gasteiger partial charge in [0, 0.05) is 23.1 Å². The second kappa shape index (κ2) is 28.6. The third-order valence-electron chi connectivity index (χ3n) is 10.8. The lowest BCUT2D eigenvalue weighted by Gasteiger charge is -2.23. The number of hydrogen-bond donors (Lipinski definition) is 7. The highest BCUT2D eigenvalue weighted by atomic mass is 19.1. The molecule has 3 atom stereocenters. The smallest absolute Gasteiger partial charge is 0.408 e. The Kier molecular flexibility index (Phi) is 22.7. The average Bonchev–Trinajstić information content (AvgIpc) is 3.29. The number of amides is 2. The summed E-state index contributed by atoms with van der Waals surface area (Å²) >= 11 is 0. The SMILES string of the molecule is C[C@H](N)c1cc2ccc(F)cc2c(=O)n1-c1cccc(F)c1.C[C@H](NC(=O)OC(C)(C)C)C(=O)O.C[C@H](NC(=O)OC(C)(C)C)c1nc2ccc(F)cc2c(=O)n1-c1cccc(F)c1.Nc1ccc(F)cc1C(=O)O.Nc1cccc(F)c1. The van der Waals surface area contributed by atoms with Gasteiger partial charge in [0.1, 0.15) is 58.0 Å². The molecule has 0 spiro atoms. The van der Waals surface area contributed by atoms with Crippen LogP contribution in [0, 0.1) is 34.9 Å². The van der Waals surface area contributed by atoms with Gasteiger partial charge in [-0.15, -0.1) is 0 Å². The number of pyridine rings is 1. The van der Waals surface area contributed by atoms with Crippen LogP contribution in [0.5, 0.6) is 0 Å². The molecule has 24 heteroatoms. The fourth-order valence-electron chi connectivity index (χ4n) is 7.16. The molecule has 0 unspecified atom stereocenters. The largest absolute Gasteiger partial charge is 0.480 e. The average molecular weight is 1160 g/mol. The third kappa shape index (κ3) is 20.1. The lowest BCUT2D eigenvalue weighted by Crippen LogP contribution is -2.41. The molecule has 0 fully saturated rings. The maximum atomic E-state index is 13.8. The monoisotopic (exact) mass is 1160 g/mol. The number of nitrogens with two attached hydrogens (primary N) is 3. The number of carboxylic acids is 2. The predicted octanol–water partition coefficient (Wildman–Crippen LogP) is 11.0. The van der Waals surface area contributed by atoms with Crippen molar-refractivity contribution in [2.24, 2.45) is 5.73 Å². The third-order valence-corrected chi connectivity index (χ3v) is 10.8. The zero-order valence-electron chi connectivity index (χ0n) is 46.4. The van der Waals surface area contributed by atoms with Crippen molar-refractivity contribution in [3.8, 4) is 11.4 Å². The number of nitrogen functional groups attached to an aromatic ring is 2. The minimum absolute atomic E-state index is 0.0440. The minimum Gasteiger partial charge on any atom is -0.480 e. The van der Waals surface area contributed by atoms with Crippen LogP contribution in [0.15, 0.2) is 143 Å². The van der Waals surface area contributed by atoms with Gasteiger partial charge in [-0.1, -0.05) is 24.3 Å². The maximum absolute atomic E-state index is 13.8. The topological polar surface area (TPSA) is 286 Å². The van der Waals surface area contributed by atoms with Gasteiger partial charge in [0.05, 0.1) is 39.3 Å². The number of halogens is 6. The van der Waals surface area contributed by atoms with E-state index in [2.05, 4.69) is 15.6 Å². The number of carboxylic acid groups (broad SMARTS) is 2. The number of aliphatic carboxylic acids is 1. The molecule has 0 saturated carbocycles. The number of aromatic carboxylic acids is 1. The first kappa shape index (κ1) is 65.8. The minimum atomic E-state index is -1.22. The first-order valence-electron chi connectivity index (χ1n) is 25.0. The van der Waals surface area contributed by atoms with Crippen LogP contribution in [0.25, 0.3) is 33.1 Å². The van der Waals surface area contributed by atoms with Gasteiger partial charge >= 0.3 is 24.1 Å². The predicted molar refractivity (Wildman–Crippen MR) is 302 cm³/mol. The van der Waals surface area contributed by atoms with Gasteiger partial charge in [-0.25, -0.2) is 45.7 Å². The number of carbonyl (C=O) groups is 4. The fourth-order valence-corrected chi connectivity index (χ4v) is 7.16. The number of nitrogens with zero attached hydrogens (tertiary/aromatic N) is 3. The molecule has 0 aliphatic rings. The summed E-state index contributed by atoms with van der Waals surface area (Å²) in [6, 6.07) is 27.4. The van der Waals surface area contributed by atoms with Gasteiger partial charge < -0.3 is 47.5 Å². The molecular formula is C59H62F6N8O10. The maximum Gasteiger partial charge on any atom is 0.408 e. The van der Waals surface area contributed by atoms with Crippen molar-refractivity contribution < 1.29 is 65.2 Å². The van der Waals surface area contributed by atoms with E-state index in [4.69, 9.17) is 36.9 Å². The summed E-state index contributed by atoms with van der Waals surface area (Å²) in [5, 5.41) is 22.6. The molecule has 0 radical (unpaired) electrons. The van der Waals surface area contributed by atoms with Crippen molar-refractivity contribution in [3.63, 3.8) is 0 Å². The molecule has 6 aromatic carbocycles. The van der Waals surface area contributed by atoms with E-state index >= 15 is 0 Å². The number of aromatic nitrogens is 3. The van der Waals surface area contributed by atoms with Crippen LogP contribution in [-0.4, -0.2) is 65.7 Å². The molecule has 2 aromatic heterocycles. The Balaban J connectivity index is 0.000000241. The number of hydrogen-bond acceptors (Lipinski definition) is 12. The molecule has 440 valence electrons. The summed E-state index contributed by atoms with van der Waals surface area (Å²) in [6.07, 6.45) is -1.41. The molecule has 0 bridgehead atoms. The quantitative estimate of drug-likeness (QED) is 0.0550. The Labute approximate surface area is 472 Å². The molecule has 8 rings (SSSR count). The van der Waals surface area contributed by atoms with Crippen LogP contribution in [-0.2, 0) is 14.3 Å². The second-order valence-corrected chi connectivity index (χ2v) is 20.1. The number of benzene rings is 6. The Bertz CT molecular complexity index is 3730. The Morgan fingerprint density at radius 1 is 0.566 bits per heavy atom. The summed E-state index contributed by atoms with van der Waals surface area (Å²) in [4.78, 5) is 74.1. The van der Waals surface area contributed by atoms with Crippen molar-refractivity contribution >= 4 is 57.2 Å². The summed E-state index contributed by atoms with van der Waals surface area (Å²) in [7, 11) is 0. The standard InChI is InChI=1S/C21H21F2N3O3.C17H14F2N2O.C8H15NO4.C7H6FNO2.C6H6FN/c1-12(24-20(28)29-21(2,3)4)18-25-17-9-8-14(23)11-16(17)19(27)26(18)15-7-5-6-13(22)10-15;1-10(20)16-7-11-5-6-13(19)9-15(11)17(22)21(16)14-4-2-3-12(18)8-14;1-5(6(10)11)9-7(12)13-8(2,3)4;8-4-1-2-6(9)5(3-4)7(10)11;7-5-2-1-3-6(8)4-5/h5-12H,1-4H3,(H,24,28);2-10H,20H2,1H3;5H,1-4H3,(H,9,12)(H,10,11);1-3H,9H2,(H,10,11);1-4H,8H2/t12-;10-;5-;;/m000../s1. The van der Waals surface area contributed by atoms with Crippen LogP contribution < -0.4 is 39.0 Å². The van der Waals surface area contributed by atoms with E-state index in [1.54, 1.807) is 79.7 Å². The lowest BCUT2D eigenvalue weighted by molar-refractivity contribution is -0.139. The molecule has 18 nitrogen and oxygen atoms in total. The van der Waals surface area contributed by atoms with E-state index < -0.39 is 93.7 Å². The van der Waals surface area contributed by atoms with Gasteiger partial charge in [0.25, 0.3) is 11.1 Å². The molecule has 0 saturated heterocycles. The molecule has 2 heterocycles. The molecule has 0 aliphatic carbocycles. The number of rotatable bonds is 8. The van der Waals surface area contributed by atoms with E-state index in [9.17, 15) is 55.1 Å². The number of alkyl carbamates (subject to hydrolysis) is 2. The van der Waals surface area contributed by atoms with Gasteiger partial charge in [0.2, 0.25) is 0 Å². The molecular weight excluding hydrogens is 1090 g/mol. The van der Waals surface area contributed by atoms with Crippen molar-refractivity contribution in [3.05, 3.63) is 206 Å². The van der Waals surface area contributed by atoms with Gasteiger partial charge in [-0.3, -0.25) is 23.5 Å². The van der Waals surface area contributed by atoms with Crippen LogP contribution in [0.1, 0.15) is 96.3 Å². The Hall–Kier alpha value is -9.71. The highest BCUT2D eigenvalue weighted by Gasteiger charge is 2.24. The van der Waals surface area contributed by atoms with E-state index in [-0.39, 0.29) is 44.9 Å².